The summed E-state index contributed by atoms with van der Waals surface area (Å²) in [6.07, 6.45) is 8.21. The van der Waals surface area contributed by atoms with Gasteiger partial charge in [0.2, 0.25) is 5.91 Å². The zero-order chi connectivity index (χ0) is 20.7. The van der Waals surface area contributed by atoms with E-state index in [0.717, 1.165) is 36.8 Å². The van der Waals surface area contributed by atoms with Crippen LogP contribution in [-0.4, -0.2) is 61.9 Å². The van der Waals surface area contributed by atoms with Gasteiger partial charge in [-0.25, -0.2) is 4.99 Å². The molecular weight excluding hydrogens is 362 g/mol. The second-order valence-corrected chi connectivity index (χ2v) is 8.89. The molecule has 1 aliphatic heterocycles. The first-order valence-corrected chi connectivity index (χ1v) is 11.1. The molecule has 1 saturated carbocycles. The number of amides is 1. The Labute approximate surface area is 175 Å². The number of carbonyl (C=O) groups excluding carboxylic acids is 1. The Balaban J connectivity index is 1.63. The molecule has 1 spiro atoms. The van der Waals surface area contributed by atoms with E-state index in [9.17, 15) is 4.79 Å². The van der Waals surface area contributed by atoms with Crippen molar-refractivity contribution in [3.8, 4) is 0 Å². The molecule has 29 heavy (non-hydrogen) atoms. The smallest absolute Gasteiger partial charge is 0.238 e. The summed E-state index contributed by atoms with van der Waals surface area (Å²) in [7, 11) is 3.78. The molecule has 2 fully saturated rings. The number of likely N-dealkylation sites (tertiary alicyclic amines) is 1. The Kier molecular flexibility index (Phi) is 7.53. The molecule has 6 nitrogen and oxygen atoms in total. The van der Waals surface area contributed by atoms with Gasteiger partial charge in [0, 0.05) is 25.3 Å². The molecule has 0 bridgehead atoms. The molecule has 1 saturated heterocycles. The Hall–Kier alpha value is -2.08. The Bertz CT molecular complexity index is 709. The number of carbonyl (C=O) groups is 1. The summed E-state index contributed by atoms with van der Waals surface area (Å²) in [4.78, 5) is 21.3. The minimum atomic E-state index is -0.00108. The molecule has 1 heterocycles. The molecule has 2 N–H and O–H groups in total. The van der Waals surface area contributed by atoms with Gasteiger partial charge in [0.15, 0.2) is 5.96 Å². The van der Waals surface area contributed by atoms with Crippen LogP contribution in [0.4, 0.5) is 5.69 Å². The number of likely N-dealkylation sites (N-methyl/N-ethyl adjacent to an activating group) is 1. The highest BCUT2D eigenvalue weighted by Gasteiger charge is 2.39. The van der Waals surface area contributed by atoms with E-state index in [4.69, 9.17) is 4.99 Å². The lowest BCUT2D eigenvalue weighted by atomic mass is 9.73. The highest BCUT2D eigenvalue weighted by atomic mass is 16.2. The van der Waals surface area contributed by atoms with E-state index in [1.165, 1.54) is 38.5 Å². The molecule has 1 amide bonds. The van der Waals surface area contributed by atoms with Crippen molar-refractivity contribution in [1.29, 1.82) is 0 Å². The van der Waals surface area contributed by atoms with Gasteiger partial charge in [0.05, 0.1) is 13.1 Å². The van der Waals surface area contributed by atoms with Crippen molar-refractivity contribution in [2.45, 2.75) is 52.0 Å². The number of rotatable bonds is 6. The summed E-state index contributed by atoms with van der Waals surface area (Å²) >= 11 is 0. The van der Waals surface area contributed by atoms with Crippen molar-refractivity contribution in [3.05, 3.63) is 29.8 Å². The summed E-state index contributed by atoms with van der Waals surface area (Å²) in [6, 6.07) is 8.00. The lowest BCUT2D eigenvalue weighted by molar-refractivity contribution is -0.116. The third-order valence-corrected chi connectivity index (χ3v) is 6.07. The van der Waals surface area contributed by atoms with Crippen LogP contribution in [0.15, 0.2) is 29.3 Å². The number of anilines is 1. The van der Waals surface area contributed by atoms with E-state index in [2.05, 4.69) is 28.5 Å². The van der Waals surface area contributed by atoms with Crippen LogP contribution >= 0.6 is 0 Å². The van der Waals surface area contributed by atoms with E-state index in [0.29, 0.717) is 18.5 Å². The van der Waals surface area contributed by atoms with Gasteiger partial charge in [-0.3, -0.25) is 4.79 Å². The molecule has 0 aromatic heterocycles. The van der Waals surface area contributed by atoms with Gasteiger partial charge in [0.1, 0.15) is 0 Å². The number of aliphatic imine (C=N–C) groups is 1. The highest BCUT2D eigenvalue weighted by Crippen LogP contribution is 2.43. The lowest BCUT2D eigenvalue weighted by Crippen LogP contribution is -2.41. The molecule has 1 aliphatic carbocycles. The van der Waals surface area contributed by atoms with E-state index < -0.39 is 0 Å². The van der Waals surface area contributed by atoms with Gasteiger partial charge >= 0.3 is 0 Å². The van der Waals surface area contributed by atoms with Gasteiger partial charge in [-0.2, -0.15) is 0 Å². The summed E-state index contributed by atoms with van der Waals surface area (Å²) in [5.74, 6) is 1.02. The zero-order valence-corrected chi connectivity index (χ0v) is 18.3. The molecule has 0 atom stereocenters. The summed E-state index contributed by atoms with van der Waals surface area (Å²) in [5.41, 5.74) is 2.46. The van der Waals surface area contributed by atoms with Crippen LogP contribution in [0.5, 0.6) is 0 Å². The average molecular weight is 400 g/mol. The van der Waals surface area contributed by atoms with Crippen molar-refractivity contribution in [3.63, 3.8) is 0 Å². The number of hydrogen-bond acceptors (Lipinski definition) is 3. The van der Waals surface area contributed by atoms with Gasteiger partial charge in [-0.1, -0.05) is 31.4 Å². The van der Waals surface area contributed by atoms with Crippen LogP contribution in [0.1, 0.15) is 51.0 Å². The summed E-state index contributed by atoms with van der Waals surface area (Å²) in [6.45, 7) is 6.24. The monoisotopic (exact) mass is 399 g/mol. The Morgan fingerprint density at radius 2 is 2.00 bits per heavy atom. The molecule has 1 aromatic carbocycles. The molecule has 160 valence electrons. The van der Waals surface area contributed by atoms with Crippen LogP contribution in [0.25, 0.3) is 0 Å². The number of benzene rings is 1. The first-order valence-electron chi connectivity index (χ1n) is 11.1. The third-order valence-electron chi connectivity index (χ3n) is 6.07. The van der Waals surface area contributed by atoms with Gasteiger partial charge in [0.25, 0.3) is 0 Å². The van der Waals surface area contributed by atoms with Crippen LogP contribution in [-0.2, 0) is 11.3 Å². The fourth-order valence-electron chi connectivity index (χ4n) is 4.65. The molecule has 0 radical (unpaired) electrons. The molecule has 0 unspecified atom stereocenters. The van der Waals surface area contributed by atoms with Crippen molar-refractivity contribution in [1.82, 2.24) is 15.1 Å². The fraction of sp³-hybridized carbons (Fsp3) is 0.652. The topological polar surface area (TPSA) is 60.0 Å². The Morgan fingerprint density at radius 3 is 2.72 bits per heavy atom. The van der Waals surface area contributed by atoms with Crippen LogP contribution < -0.4 is 10.6 Å². The van der Waals surface area contributed by atoms with Crippen LogP contribution in [0.3, 0.4) is 0 Å². The number of hydrogen-bond donors (Lipinski definition) is 2. The molecular formula is C23H37N5O. The predicted molar refractivity (Wildman–Crippen MR) is 120 cm³/mol. The third kappa shape index (κ3) is 6.20. The van der Waals surface area contributed by atoms with Crippen molar-refractivity contribution in [2.24, 2.45) is 10.4 Å². The van der Waals surface area contributed by atoms with Gasteiger partial charge in [-0.05, 0) is 63.4 Å². The van der Waals surface area contributed by atoms with E-state index in [-0.39, 0.29) is 5.91 Å². The Morgan fingerprint density at radius 1 is 1.21 bits per heavy atom. The second kappa shape index (κ2) is 10.1. The first-order chi connectivity index (χ1) is 14.0. The largest absolute Gasteiger partial charge is 0.357 e. The predicted octanol–water partition coefficient (Wildman–Crippen LogP) is 3.31. The highest BCUT2D eigenvalue weighted by molar-refractivity contribution is 5.92. The number of nitrogens with one attached hydrogen (secondary N) is 2. The minimum absolute atomic E-state index is 0.00108. The maximum absolute atomic E-state index is 12.0. The standard InChI is InChI=1S/C23H37N5O/c1-4-24-22(28-14-13-23(18-28)11-6-5-7-12-23)25-16-19-9-8-10-20(15-19)26-21(29)17-27(2)3/h8-10,15H,4-7,11-14,16-18H2,1-3H3,(H,24,25)(H,26,29). The lowest BCUT2D eigenvalue weighted by Gasteiger charge is -2.33. The van der Waals surface area contributed by atoms with Crippen molar-refractivity contribution in [2.75, 3.05) is 45.6 Å². The maximum Gasteiger partial charge on any atom is 0.238 e. The fourth-order valence-corrected chi connectivity index (χ4v) is 4.65. The summed E-state index contributed by atoms with van der Waals surface area (Å²) in [5, 5.41) is 6.45. The van der Waals surface area contributed by atoms with Crippen molar-refractivity contribution < 1.29 is 4.79 Å². The first kappa shape index (κ1) is 21.6. The number of guanidine groups is 1. The number of nitrogens with zero attached hydrogens (tertiary/aromatic N) is 3. The molecule has 6 heteroatoms. The summed E-state index contributed by atoms with van der Waals surface area (Å²) < 4.78 is 0. The van der Waals surface area contributed by atoms with E-state index in [1.807, 2.05) is 37.2 Å². The quantitative estimate of drug-likeness (QED) is 0.569. The van der Waals surface area contributed by atoms with E-state index in [1.54, 1.807) is 0 Å². The zero-order valence-electron chi connectivity index (χ0n) is 18.3. The maximum atomic E-state index is 12.0. The molecule has 2 aliphatic rings. The van der Waals surface area contributed by atoms with E-state index >= 15 is 0 Å². The normalized spacial score (nSPS) is 19.0. The SMILES string of the molecule is CCNC(=NCc1cccc(NC(=O)CN(C)C)c1)N1CCC2(CCCCC2)C1. The second-order valence-electron chi connectivity index (χ2n) is 8.89. The van der Waals surface area contributed by atoms with Crippen LogP contribution in [0, 0.1) is 5.41 Å². The molecule has 3 rings (SSSR count). The average Bonchev–Trinajstić information content (AvgIpc) is 3.08. The van der Waals surface area contributed by atoms with Gasteiger partial charge in [-0.15, -0.1) is 0 Å². The molecule has 1 aromatic rings. The van der Waals surface area contributed by atoms with Gasteiger partial charge < -0.3 is 20.4 Å². The van der Waals surface area contributed by atoms with Crippen molar-refractivity contribution >= 4 is 17.6 Å². The minimum Gasteiger partial charge on any atom is -0.357 e. The van der Waals surface area contributed by atoms with Crippen LogP contribution in [0.2, 0.25) is 0 Å².